The maximum Gasteiger partial charge on any atom is 0.269 e. The number of carbonyl (C=O) groups excluding carboxylic acids is 1. The number of hydrogen-bond donors (Lipinski definition) is 1. The van der Waals surface area contributed by atoms with Gasteiger partial charge in [0.1, 0.15) is 17.3 Å². The molecule has 0 bridgehead atoms. The number of imidazole rings is 1. The monoisotopic (exact) mass is 337 g/mol. The van der Waals surface area contributed by atoms with Crippen LogP contribution in [0.2, 0.25) is 0 Å². The minimum absolute atomic E-state index is 0.0199. The highest BCUT2D eigenvalue weighted by Crippen LogP contribution is 2.55. The summed E-state index contributed by atoms with van der Waals surface area (Å²) < 4.78 is 7.91. The predicted molar refractivity (Wildman–Crippen MR) is 93.9 cm³/mol. The van der Waals surface area contributed by atoms with E-state index in [4.69, 9.17) is 4.74 Å². The maximum atomic E-state index is 12.9. The second-order valence-electron chi connectivity index (χ2n) is 7.50. The van der Waals surface area contributed by atoms with E-state index < -0.39 is 0 Å². The largest absolute Gasteiger partial charge is 0.493 e. The molecule has 1 aliphatic carbocycles. The van der Waals surface area contributed by atoms with E-state index in [2.05, 4.69) is 27.0 Å². The molecular weight excluding hydrogens is 314 g/mol. The van der Waals surface area contributed by atoms with Gasteiger partial charge in [0.25, 0.3) is 5.91 Å². The summed E-state index contributed by atoms with van der Waals surface area (Å²) in [6.07, 6.45) is 8.21. The van der Waals surface area contributed by atoms with Gasteiger partial charge in [-0.2, -0.15) is 0 Å². The number of nitrogens with one attached hydrogen (secondary N) is 1. The van der Waals surface area contributed by atoms with Gasteiger partial charge in [-0.3, -0.25) is 4.79 Å². The van der Waals surface area contributed by atoms with Crippen LogP contribution >= 0.6 is 0 Å². The SMILES string of the molecule is O=C(N[C@@H]1C[C@]12CCOc1ccccc12)c1cnc2n1CCCCC2. The number of amides is 1. The Morgan fingerprint density at radius 1 is 1.28 bits per heavy atom. The van der Waals surface area contributed by atoms with E-state index >= 15 is 0 Å². The number of nitrogens with zero attached hydrogens (tertiary/aromatic N) is 2. The highest BCUT2D eigenvalue weighted by molar-refractivity contribution is 5.93. The molecule has 0 radical (unpaired) electrons. The van der Waals surface area contributed by atoms with Gasteiger partial charge in [0.15, 0.2) is 0 Å². The molecule has 1 amide bonds. The van der Waals surface area contributed by atoms with Crippen molar-refractivity contribution in [3.63, 3.8) is 0 Å². The highest BCUT2D eigenvalue weighted by atomic mass is 16.5. The molecule has 1 aromatic heterocycles. The molecule has 2 aliphatic heterocycles. The van der Waals surface area contributed by atoms with E-state index in [1.165, 1.54) is 18.4 Å². The average molecular weight is 337 g/mol. The first-order chi connectivity index (χ1) is 12.3. The number of fused-ring (bicyclic) bond motifs is 3. The lowest BCUT2D eigenvalue weighted by molar-refractivity contribution is 0.0936. The van der Waals surface area contributed by atoms with Crippen LogP contribution in [0, 0.1) is 0 Å². The first-order valence-electron chi connectivity index (χ1n) is 9.35. The van der Waals surface area contributed by atoms with Gasteiger partial charge >= 0.3 is 0 Å². The summed E-state index contributed by atoms with van der Waals surface area (Å²) in [5.41, 5.74) is 2.03. The van der Waals surface area contributed by atoms with Crippen LogP contribution in [0.15, 0.2) is 30.5 Å². The molecule has 5 heteroatoms. The Balaban J connectivity index is 1.37. The summed E-state index contributed by atoms with van der Waals surface area (Å²) in [5.74, 6) is 2.06. The lowest BCUT2D eigenvalue weighted by atomic mass is 9.89. The zero-order chi connectivity index (χ0) is 16.9. The zero-order valence-electron chi connectivity index (χ0n) is 14.3. The lowest BCUT2D eigenvalue weighted by Crippen LogP contribution is -2.34. The topological polar surface area (TPSA) is 56.1 Å². The van der Waals surface area contributed by atoms with Gasteiger partial charge in [-0.25, -0.2) is 4.98 Å². The number of aryl methyl sites for hydroxylation is 1. The van der Waals surface area contributed by atoms with Crippen LogP contribution in [-0.2, 0) is 18.4 Å². The van der Waals surface area contributed by atoms with Crippen LogP contribution < -0.4 is 10.1 Å². The van der Waals surface area contributed by atoms with Gasteiger partial charge in [-0.05, 0) is 31.7 Å². The van der Waals surface area contributed by atoms with Crippen LogP contribution in [0.3, 0.4) is 0 Å². The number of para-hydroxylation sites is 1. The molecule has 0 saturated heterocycles. The van der Waals surface area contributed by atoms with Crippen molar-refractivity contribution in [3.05, 3.63) is 47.5 Å². The van der Waals surface area contributed by atoms with Crippen LogP contribution in [0.1, 0.15) is 54.0 Å². The number of carbonyl (C=O) groups is 1. The fraction of sp³-hybridized carbons (Fsp3) is 0.500. The molecule has 1 aromatic carbocycles. The molecule has 1 spiro atoms. The molecule has 5 rings (SSSR count). The van der Waals surface area contributed by atoms with Crippen molar-refractivity contribution in [2.75, 3.05) is 6.61 Å². The molecular formula is C20H23N3O2. The van der Waals surface area contributed by atoms with E-state index in [1.54, 1.807) is 6.20 Å². The Hall–Kier alpha value is -2.30. The number of ether oxygens (including phenoxy) is 1. The van der Waals surface area contributed by atoms with E-state index in [9.17, 15) is 4.79 Å². The van der Waals surface area contributed by atoms with Crippen LogP contribution in [0.5, 0.6) is 5.75 Å². The molecule has 25 heavy (non-hydrogen) atoms. The van der Waals surface area contributed by atoms with Crippen molar-refractivity contribution in [2.24, 2.45) is 0 Å². The molecule has 130 valence electrons. The van der Waals surface area contributed by atoms with E-state index in [-0.39, 0.29) is 17.4 Å². The van der Waals surface area contributed by atoms with Gasteiger partial charge in [-0.15, -0.1) is 0 Å². The van der Waals surface area contributed by atoms with Gasteiger partial charge in [0.2, 0.25) is 0 Å². The predicted octanol–water partition coefficient (Wildman–Crippen LogP) is 2.83. The Morgan fingerprint density at radius 3 is 3.16 bits per heavy atom. The summed E-state index contributed by atoms with van der Waals surface area (Å²) in [5, 5.41) is 3.27. The van der Waals surface area contributed by atoms with E-state index in [0.29, 0.717) is 0 Å². The third-order valence-electron chi connectivity index (χ3n) is 6.06. The smallest absolute Gasteiger partial charge is 0.269 e. The molecule has 5 nitrogen and oxygen atoms in total. The van der Waals surface area contributed by atoms with Crippen LogP contribution in [0.25, 0.3) is 0 Å². The van der Waals surface area contributed by atoms with Gasteiger partial charge in [0, 0.05) is 30.0 Å². The Bertz CT molecular complexity index is 828. The van der Waals surface area contributed by atoms with Crippen molar-refractivity contribution in [2.45, 2.75) is 56.5 Å². The second-order valence-corrected chi connectivity index (χ2v) is 7.50. The summed E-state index contributed by atoms with van der Waals surface area (Å²) in [6.45, 7) is 1.63. The Kier molecular flexibility index (Phi) is 3.37. The molecule has 1 saturated carbocycles. The van der Waals surface area contributed by atoms with Gasteiger partial charge in [0.05, 0.1) is 12.8 Å². The van der Waals surface area contributed by atoms with Crippen LogP contribution in [-0.4, -0.2) is 28.1 Å². The third-order valence-corrected chi connectivity index (χ3v) is 6.06. The molecule has 2 atom stereocenters. The first kappa shape index (κ1) is 15.0. The van der Waals surface area contributed by atoms with Crippen molar-refractivity contribution in [1.29, 1.82) is 0 Å². The summed E-state index contributed by atoms with van der Waals surface area (Å²) in [6, 6.07) is 8.44. The minimum atomic E-state index is 0.0199. The van der Waals surface area contributed by atoms with Crippen LogP contribution in [0.4, 0.5) is 0 Å². The number of benzene rings is 1. The first-order valence-corrected chi connectivity index (χ1v) is 9.35. The maximum absolute atomic E-state index is 12.9. The molecule has 1 N–H and O–H groups in total. The standard InChI is InChI=1S/C20H23N3O2/c24-19(15-13-21-18-8-2-1-5-10-23(15)18)22-17-12-20(17)9-11-25-16-7-4-3-6-14(16)20/h3-4,6-7,13,17H,1-2,5,8-12H2,(H,22,24)/t17-,20+/m1/s1. The van der Waals surface area contributed by atoms with Crippen molar-refractivity contribution in [3.8, 4) is 5.75 Å². The second kappa shape index (κ2) is 5.61. The average Bonchev–Trinajstić information content (AvgIpc) is 3.23. The number of rotatable bonds is 2. The summed E-state index contributed by atoms with van der Waals surface area (Å²) in [7, 11) is 0. The van der Waals surface area contributed by atoms with E-state index in [1.807, 2.05) is 12.1 Å². The Morgan fingerprint density at radius 2 is 2.20 bits per heavy atom. The Labute approximate surface area is 147 Å². The fourth-order valence-corrected chi connectivity index (χ4v) is 4.56. The fourth-order valence-electron chi connectivity index (χ4n) is 4.56. The highest BCUT2D eigenvalue weighted by Gasteiger charge is 2.58. The van der Waals surface area contributed by atoms with Crippen molar-refractivity contribution >= 4 is 5.91 Å². The third kappa shape index (κ3) is 2.36. The lowest BCUT2D eigenvalue weighted by Gasteiger charge is -2.27. The van der Waals surface area contributed by atoms with Gasteiger partial charge in [-0.1, -0.05) is 24.6 Å². The quantitative estimate of drug-likeness (QED) is 0.917. The molecule has 3 heterocycles. The number of aromatic nitrogens is 2. The molecule has 1 fully saturated rings. The molecule has 0 unspecified atom stereocenters. The number of hydrogen-bond acceptors (Lipinski definition) is 3. The van der Waals surface area contributed by atoms with Crippen molar-refractivity contribution in [1.82, 2.24) is 14.9 Å². The molecule has 3 aliphatic rings. The van der Waals surface area contributed by atoms with Crippen molar-refractivity contribution < 1.29 is 9.53 Å². The summed E-state index contributed by atoms with van der Waals surface area (Å²) >= 11 is 0. The molecule has 2 aromatic rings. The summed E-state index contributed by atoms with van der Waals surface area (Å²) in [4.78, 5) is 17.4. The zero-order valence-corrected chi connectivity index (χ0v) is 14.3. The minimum Gasteiger partial charge on any atom is -0.493 e. The van der Waals surface area contributed by atoms with E-state index in [0.717, 1.165) is 56.1 Å². The van der Waals surface area contributed by atoms with Gasteiger partial charge < -0.3 is 14.6 Å². The normalized spacial score (nSPS) is 27.0.